The Morgan fingerprint density at radius 2 is 2.12 bits per heavy atom. The summed E-state index contributed by atoms with van der Waals surface area (Å²) in [6, 6.07) is 5.44. The van der Waals surface area contributed by atoms with Crippen molar-refractivity contribution in [1.82, 2.24) is 0 Å². The van der Waals surface area contributed by atoms with Crippen LogP contribution in [-0.2, 0) is 4.79 Å². The number of nitrogens with zero attached hydrogens (tertiary/aromatic N) is 1. The van der Waals surface area contributed by atoms with Crippen molar-refractivity contribution >= 4 is 17.3 Å². The maximum absolute atomic E-state index is 12.1. The Bertz CT molecular complexity index is 492. The van der Waals surface area contributed by atoms with Crippen LogP contribution in [0.5, 0.6) is 5.75 Å². The summed E-state index contributed by atoms with van der Waals surface area (Å²) in [6.07, 6.45) is 1.73. The minimum absolute atomic E-state index is 0.0595. The third-order valence-corrected chi connectivity index (χ3v) is 3.63. The van der Waals surface area contributed by atoms with Crippen LogP contribution < -0.4 is 10.2 Å². The van der Waals surface area contributed by atoms with Crippen LogP contribution >= 0.6 is 0 Å². The first kappa shape index (κ1) is 10.4. The first-order valence-electron chi connectivity index (χ1n) is 5.99. The lowest BCUT2D eigenvalue weighted by molar-refractivity contribution is -0.118. The molecule has 0 radical (unpaired) electrons. The zero-order valence-electron chi connectivity index (χ0n) is 10.0. The van der Waals surface area contributed by atoms with Crippen LogP contribution in [0.15, 0.2) is 18.2 Å². The van der Waals surface area contributed by atoms with Gasteiger partial charge in [0.1, 0.15) is 17.0 Å². The van der Waals surface area contributed by atoms with Crippen molar-refractivity contribution in [2.75, 3.05) is 10.2 Å². The van der Waals surface area contributed by atoms with E-state index in [1.807, 2.05) is 6.07 Å². The summed E-state index contributed by atoms with van der Waals surface area (Å²) < 4.78 is 0. The second-order valence-corrected chi connectivity index (χ2v) is 5.12. The molecule has 2 aliphatic rings. The molecule has 3 rings (SSSR count). The molecule has 0 atom stereocenters. The average molecular weight is 232 g/mol. The number of fused-ring (bicyclic) bond motifs is 1. The first-order valence-corrected chi connectivity index (χ1v) is 5.99. The zero-order chi connectivity index (χ0) is 12.2. The molecule has 1 aliphatic carbocycles. The Morgan fingerprint density at radius 3 is 2.71 bits per heavy atom. The maximum atomic E-state index is 12.1. The van der Waals surface area contributed by atoms with Gasteiger partial charge in [-0.15, -0.1) is 0 Å². The van der Waals surface area contributed by atoms with E-state index in [0.717, 1.165) is 18.5 Å². The van der Waals surface area contributed by atoms with Gasteiger partial charge in [-0.05, 0) is 38.8 Å². The van der Waals surface area contributed by atoms with Gasteiger partial charge in [0.25, 0.3) is 0 Å². The lowest BCUT2D eigenvalue weighted by atomic mass is 10.0. The van der Waals surface area contributed by atoms with Crippen molar-refractivity contribution in [3.63, 3.8) is 0 Å². The summed E-state index contributed by atoms with van der Waals surface area (Å²) in [5.41, 5.74) is 1.06. The lowest BCUT2D eigenvalue weighted by Crippen LogP contribution is -2.53. The van der Waals surface area contributed by atoms with Crippen molar-refractivity contribution in [3.8, 4) is 5.75 Å². The van der Waals surface area contributed by atoms with Gasteiger partial charge in [-0.1, -0.05) is 6.07 Å². The molecule has 17 heavy (non-hydrogen) atoms. The molecule has 0 aromatic heterocycles. The minimum atomic E-state index is -0.417. The first-order chi connectivity index (χ1) is 8.06. The van der Waals surface area contributed by atoms with Crippen LogP contribution in [0.3, 0.4) is 0 Å². The fourth-order valence-corrected chi connectivity index (χ4v) is 2.79. The Balaban J connectivity index is 2.20. The highest BCUT2D eigenvalue weighted by atomic mass is 16.3. The molecule has 1 aromatic rings. The molecular weight excluding hydrogens is 216 g/mol. The summed E-state index contributed by atoms with van der Waals surface area (Å²) in [7, 11) is 0. The van der Waals surface area contributed by atoms with Gasteiger partial charge < -0.3 is 15.3 Å². The Labute approximate surface area is 100 Å². The van der Waals surface area contributed by atoms with Crippen LogP contribution in [0.25, 0.3) is 0 Å². The highest BCUT2D eigenvalue weighted by molar-refractivity contribution is 6.09. The van der Waals surface area contributed by atoms with E-state index in [2.05, 4.69) is 24.1 Å². The lowest BCUT2D eigenvalue weighted by Gasteiger charge is -2.41. The molecule has 1 aliphatic heterocycles. The standard InChI is InChI=1S/C13H16N2O2/c1-8(2)15-11-9(4-3-5-10(11)16)14-12(17)13(15)6-7-13/h3-5,8,16H,6-7H2,1-2H3,(H,14,17). The predicted octanol–water partition coefficient (Wildman–Crippen LogP) is 2.09. The van der Waals surface area contributed by atoms with Gasteiger partial charge in [-0.2, -0.15) is 0 Å². The number of rotatable bonds is 1. The molecule has 0 saturated heterocycles. The van der Waals surface area contributed by atoms with Crippen LogP contribution in [0, 0.1) is 0 Å². The van der Waals surface area contributed by atoms with E-state index >= 15 is 0 Å². The molecule has 90 valence electrons. The number of amides is 1. The summed E-state index contributed by atoms with van der Waals surface area (Å²) in [6.45, 7) is 4.10. The van der Waals surface area contributed by atoms with E-state index < -0.39 is 5.54 Å². The van der Waals surface area contributed by atoms with Gasteiger partial charge in [-0.25, -0.2) is 0 Å². The number of para-hydroxylation sites is 1. The number of phenols is 1. The summed E-state index contributed by atoms with van der Waals surface area (Å²) in [5.74, 6) is 0.298. The summed E-state index contributed by atoms with van der Waals surface area (Å²) in [4.78, 5) is 14.2. The maximum Gasteiger partial charge on any atom is 0.250 e. The molecule has 4 nitrogen and oxygen atoms in total. The molecule has 1 fully saturated rings. The number of aromatic hydroxyl groups is 1. The van der Waals surface area contributed by atoms with Gasteiger partial charge in [0, 0.05) is 6.04 Å². The van der Waals surface area contributed by atoms with Gasteiger partial charge in [0.2, 0.25) is 5.91 Å². The highest BCUT2D eigenvalue weighted by Crippen LogP contribution is 2.53. The third-order valence-electron chi connectivity index (χ3n) is 3.63. The van der Waals surface area contributed by atoms with Gasteiger partial charge in [0.15, 0.2) is 0 Å². The number of phenolic OH excluding ortho intramolecular Hbond substituents is 1. The van der Waals surface area contributed by atoms with E-state index in [4.69, 9.17) is 0 Å². The monoisotopic (exact) mass is 232 g/mol. The largest absolute Gasteiger partial charge is 0.506 e. The second kappa shape index (κ2) is 3.15. The Kier molecular flexibility index (Phi) is 1.94. The quantitative estimate of drug-likeness (QED) is 0.779. The molecule has 1 heterocycles. The molecule has 4 heteroatoms. The number of hydrogen-bond donors (Lipinski definition) is 2. The SMILES string of the molecule is CC(C)N1c2c(O)cccc2NC(=O)C12CC2. The normalized spacial score (nSPS) is 20.4. The fraction of sp³-hybridized carbons (Fsp3) is 0.462. The number of anilines is 2. The smallest absolute Gasteiger partial charge is 0.250 e. The van der Waals surface area contributed by atoms with E-state index in [0.29, 0.717) is 5.69 Å². The third kappa shape index (κ3) is 1.27. The Hall–Kier alpha value is -1.71. The highest BCUT2D eigenvalue weighted by Gasteiger charge is 2.58. The number of nitrogens with one attached hydrogen (secondary N) is 1. The average Bonchev–Trinajstić information content (AvgIpc) is 3.02. The summed E-state index contributed by atoms with van der Waals surface area (Å²) >= 11 is 0. The van der Waals surface area contributed by atoms with E-state index in [1.54, 1.807) is 12.1 Å². The van der Waals surface area contributed by atoms with Gasteiger partial charge in [-0.3, -0.25) is 4.79 Å². The second-order valence-electron chi connectivity index (χ2n) is 5.12. The summed E-state index contributed by atoms with van der Waals surface area (Å²) in [5, 5.41) is 12.9. The minimum Gasteiger partial charge on any atom is -0.506 e. The molecule has 1 amide bonds. The van der Waals surface area contributed by atoms with E-state index in [1.165, 1.54) is 0 Å². The molecular formula is C13H16N2O2. The molecule has 1 aromatic carbocycles. The molecule has 0 bridgehead atoms. The van der Waals surface area contributed by atoms with Crippen LogP contribution in [0.4, 0.5) is 11.4 Å². The number of hydrogen-bond acceptors (Lipinski definition) is 3. The van der Waals surface area contributed by atoms with Crippen molar-refractivity contribution in [1.29, 1.82) is 0 Å². The van der Waals surface area contributed by atoms with Crippen molar-refractivity contribution in [2.24, 2.45) is 0 Å². The molecule has 1 spiro atoms. The van der Waals surface area contributed by atoms with Crippen LogP contribution in [0.2, 0.25) is 0 Å². The van der Waals surface area contributed by atoms with Gasteiger partial charge in [0.05, 0.1) is 5.69 Å². The number of benzene rings is 1. The number of carbonyl (C=O) groups is 1. The predicted molar refractivity (Wildman–Crippen MR) is 66.3 cm³/mol. The van der Waals surface area contributed by atoms with Gasteiger partial charge >= 0.3 is 0 Å². The van der Waals surface area contributed by atoms with E-state index in [-0.39, 0.29) is 17.7 Å². The van der Waals surface area contributed by atoms with Crippen LogP contribution in [-0.4, -0.2) is 22.6 Å². The zero-order valence-corrected chi connectivity index (χ0v) is 10.0. The molecule has 0 unspecified atom stereocenters. The van der Waals surface area contributed by atoms with Crippen molar-refractivity contribution < 1.29 is 9.90 Å². The topological polar surface area (TPSA) is 52.6 Å². The Morgan fingerprint density at radius 1 is 1.41 bits per heavy atom. The van der Waals surface area contributed by atoms with Crippen molar-refractivity contribution in [3.05, 3.63) is 18.2 Å². The number of carbonyl (C=O) groups excluding carboxylic acids is 1. The molecule has 2 N–H and O–H groups in total. The van der Waals surface area contributed by atoms with E-state index in [9.17, 15) is 9.90 Å². The fourth-order valence-electron chi connectivity index (χ4n) is 2.79. The van der Waals surface area contributed by atoms with Crippen LogP contribution in [0.1, 0.15) is 26.7 Å². The van der Waals surface area contributed by atoms with Crippen molar-refractivity contribution in [2.45, 2.75) is 38.3 Å². The molecule has 1 saturated carbocycles.